The van der Waals surface area contributed by atoms with Crippen molar-refractivity contribution in [2.24, 2.45) is 0 Å². The Hall–Kier alpha value is -1.94. The van der Waals surface area contributed by atoms with E-state index in [4.69, 9.17) is 4.74 Å². The SMILES string of the molecule is CCNC(C)c1ccnc(Oc2cccc(C)c2F)c1. The summed E-state index contributed by atoms with van der Waals surface area (Å²) in [6.07, 6.45) is 1.67. The van der Waals surface area contributed by atoms with E-state index in [0.29, 0.717) is 11.4 Å². The molecule has 2 rings (SSSR count). The van der Waals surface area contributed by atoms with Crippen molar-refractivity contribution in [3.05, 3.63) is 53.5 Å². The summed E-state index contributed by atoms with van der Waals surface area (Å²) in [5.74, 6) is 0.252. The summed E-state index contributed by atoms with van der Waals surface area (Å²) < 4.78 is 19.4. The zero-order valence-corrected chi connectivity index (χ0v) is 12.0. The van der Waals surface area contributed by atoms with Crippen molar-refractivity contribution in [3.63, 3.8) is 0 Å². The van der Waals surface area contributed by atoms with E-state index < -0.39 is 0 Å². The van der Waals surface area contributed by atoms with E-state index in [-0.39, 0.29) is 17.6 Å². The maximum Gasteiger partial charge on any atom is 0.219 e. The van der Waals surface area contributed by atoms with Crippen LogP contribution in [0.4, 0.5) is 4.39 Å². The lowest BCUT2D eigenvalue weighted by Gasteiger charge is -2.14. The first kappa shape index (κ1) is 14.5. The minimum absolute atomic E-state index is 0.200. The molecule has 106 valence electrons. The first-order chi connectivity index (χ1) is 9.61. The average molecular weight is 274 g/mol. The van der Waals surface area contributed by atoms with E-state index in [1.807, 2.05) is 12.1 Å². The average Bonchev–Trinajstić information content (AvgIpc) is 2.44. The molecule has 0 bridgehead atoms. The van der Waals surface area contributed by atoms with Crippen molar-refractivity contribution in [1.82, 2.24) is 10.3 Å². The van der Waals surface area contributed by atoms with Gasteiger partial charge in [0.2, 0.25) is 5.88 Å². The lowest BCUT2D eigenvalue weighted by atomic mass is 10.1. The summed E-state index contributed by atoms with van der Waals surface area (Å²) in [6.45, 7) is 6.71. The number of rotatable bonds is 5. The largest absolute Gasteiger partial charge is 0.436 e. The van der Waals surface area contributed by atoms with Crippen LogP contribution in [-0.2, 0) is 0 Å². The van der Waals surface area contributed by atoms with Crippen molar-refractivity contribution in [1.29, 1.82) is 0 Å². The summed E-state index contributed by atoms with van der Waals surface area (Å²) in [6, 6.07) is 9.03. The van der Waals surface area contributed by atoms with Crippen LogP contribution in [0.3, 0.4) is 0 Å². The molecule has 0 aliphatic heterocycles. The van der Waals surface area contributed by atoms with Gasteiger partial charge in [0, 0.05) is 18.3 Å². The van der Waals surface area contributed by atoms with Crippen molar-refractivity contribution in [3.8, 4) is 11.6 Å². The molecule has 1 atom stereocenters. The predicted octanol–water partition coefficient (Wildman–Crippen LogP) is 3.99. The highest BCUT2D eigenvalue weighted by Gasteiger charge is 2.10. The van der Waals surface area contributed by atoms with E-state index >= 15 is 0 Å². The van der Waals surface area contributed by atoms with Crippen LogP contribution in [0.5, 0.6) is 11.6 Å². The van der Waals surface area contributed by atoms with Gasteiger partial charge in [-0.1, -0.05) is 19.1 Å². The molecule has 1 aromatic carbocycles. The smallest absolute Gasteiger partial charge is 0.219 e. The molecule has 1 heterocycles. The molecule has 4 heteroatoms. The number of benzene rings is 1. The van der Waals surface area contributed by atoms with Crippen molar-refractivity contribution >= 4 is 0 Å². The molecule has 0 fully saturated rings. The molecule has 1 N–H and O–H groups in total. The summed E-state index contributed by atoms with van der Waals surface area (Å²) >= 11 is 0. The monoisotopic (exact) mass is 274 g/mol. The van der Waals surface area contributed by atoms with Crippen LogP contribution < -0.4 is 10.1 Å². The van der Waals surface area contributed by atoms with E-state index in [1.165, 1.54) is 0 Å². The van der Waals surface area contributed by atoms with E-state index in [9.17, 15) is 4.39 Å². The Morgan fingerprint density at radius 2 is 2.15 bits per heavy atom. The Bertz CT molecular complexity index is 586. The Morgan fingerprint density at radius 3 is 2.90 bits per heavy atom. The van der Waals surface area contributed by atoms with Gasteiger partial charge in [0.1, 0.15) is 0 Å². The maximum atomic E-state index is 13.9. The molecule has 0 aliphatic rings. The van der Waals surface area contributed by atoms with Crippen LogP contribution in [0.25, 0.3) is 0 Å². The number of halogens is 1. The van der Waals surface area contributed by atoms with Gasteiger partial charge in [0.25, 0.3) is 0 Å². The van der Waals surface area contributed by atoms with Crippen LogP contribution in [0.2, 0.25) is 0 Å². The van der Waals surface area contributed by atoms with Crippen LogP contribution in [-0.4, -0.2) is 11.5 Å². The number of aromatic nitrogens is 1. The van der Waals surface area contributed by atoms with E-state index in [2.05, 4.69) is 24.1 Å². The molecule has 0 aliphatic carbocycles. The third-order valence-electron chi connectivity index (χ3n) is 3.14. The molecule has 0 amide bonds. The summed E-state index contributed by atoms with van der Waals surface area (Å²) in [5.41, 5.74) is 1.62. The normalized spacial score (nSPS) is 12.2. The maximum absolute atomic E-state index is 13.9. The fourth-order valence-corrected chi connectivity index (χ4v) is 1.99. The van der Waals surface area contributed by atoms with Gasteiger partial charge < -0.3 is 10.1 Å². The van der Waals surface area contributed by atoms with E-state index in [0.717, 1.165) is 12.1 Å². The first-order valence-corrected chi connectivity index (χ1v) is 6.74. The minimum atomic E-state index is -0.348. The number of hydrogen-bond donors (Lipinski definition) is 1. The molecule has 1 unspecified atom stereocenters. The zero-order chi connectivity index (χ0) is 14.5. The number of ether oxygens (including phenoxy) is 1. The van der Waals surface area contributed by atoms with Crippen LogP contribution in [0.15, 0.2) is 36.5 Å². The topological polar surface area (TPSA) is 34.2 Å². The van der Waals surface area contributed by atoms with Crippen molar-refractivity contribution in [2.75, 3.05) is 6.54 Å². The molecule has 1 aromatic heterocycles. The summed E-state index contributed by atoms with van der Waals surface area (Å²) in [5, 5.41) is 3.32. The van der Waals surface area contributed by atoms with Gasteiger partial charge in [0.15, 0.2) is 11.6 Å². The Morgan fingerprint density at radius 1 is 1.35 bits per heavy atom. The molecule has 20 heavy (non-hydrogen) atoms. The number of hydrogen-bond acceptors (Lipinski definition) is 3. The predicted molar refractivity (Wildman–Crippen MR) is 77.5 cm³/mol. The molecular weight excluding hydrogens is 255 g/mol. The molecule has 2 aromatic rings. The number of nitrogens with one attached hydrogen (secondary N) is 1. The van der Waals surface area contributed by atoms with Gasteiger partial charge in [-0.25, -0.2) is 9.37 Å². The van der Waals surface area contributed by atoms with Crippen molar-refractivity contribution < 1.29 is 9.13 Å². The third kappa shape index (κ3) is 3.33. The summed E-state index contributed by atoms with van der Waals surface area (Å²) in [4.78, 5) is 4.13. The molecule has 0 spiro atoms. The highest BCUT2D eigenvalue weighted by atomic mass is 19.1. The van der Waals surface area contributed by atoms with Gasteiger partial charge in [-0.15, -0.1) is 0 Å². The lowest BCUT2D eigenvalue weighted by Crippen LogP contribution is -2.17. The zero-order valence-electron chi connectivity index (χ0n) is 12.0. The highest BCUT2D eigenvalue weighted by molar-refractivity contribution is 5.34. The lowest BCUT2D eigenvalue weighted by molar-refractivity contribution is 0.424. The molecule has 3 nitrogen and oxygen atoms in total. The standard InChI is InChI=1S/C16H19FN2O/c1-4-18-12(3)13-8-9-19-15(10-13)20-14-7-5-6-11(2)16(14)17/h5-10,12,18H,4H2,1-3H3. The van der Waals surface area contributed by atoms with Crippen LogP contribution >= 0.6 is 0 Å². The first-order valence-electron chi connectivity index (χ1n) is 6.74. The Balaban J connectivity index is 2.21. The quantitative estimate of drug-likeness (QED) is 0.895. The molecule has 0 radical (unpaired) electrons. The second-order valence-corrected chi connectivity index (χ2v) is 4.70. The Labute approximate surface area is 118 Å². The summed E-state index contributed by atoms with van der Waals surface area (Å²) in [7, 11) is 0. The van der Waals surface area contributed by atoms with Gasteiger partial charge in [0.05, 0.1) is 0 Å². The number of aryl methyl sites for hydroxylation is 1. The molecule has 0 saturated carbocycles. The molecule has 0 saturated heterocycles. The van der Waals surface area contributed by atoms with Gasteiger partial charge in [-0.05, 0) is 43.7 Å². The van der Waals surface area contributed by atoms with Gasteiger partial charge in [-0.2, -0.15) is 0 Å². The second kappa shape index (κ2) is 6.48. The Kier molecular flexibility index (Phi) is 4.69. The van der Waals surface area contributed by atoms with Crippen molar-refractivity contribution in [2.45, 2.75) is 26.8 Å². The fourth-order valence-electron chi connectivity index (χ4n) is 1.99. The highest BCUT2D eigenvalue weighted by Crippen LogP contribution is 2.26. The second-order valence-electron chi connectivity index (χ2n) is 4.70. The minimum Gasteiger partial charge on any atom is -0.436 e. The fraction of sp³-hybridized carbons (Fsp3) is 0.312. The number of nitrogens with zero attached hydrogens (tertiary/aromatic N) is 1. The van der Waals surface area contributed by atoms with E-state index in [1.54, 1.807) is 31.3 Å². The van der Waals surface area contributed by atoms with Crippen LogP contribution in [0, 0.1) is 12.7 Å². The van der Waals surface area contributed by atoms with Gasteiger partial charge in [-0.3, -0.25) is 0 Å². The van der Waals surface area contributed by atoms with Gasteiger partial charge >= 0.3 is 0 Å². The number of pyridine rings is 1. The molecular formula is C16H19FN2O. The third-order valence-corrected chi connectivity index (χ3v) is 3.14. The van der Waals surface area contributed by atoms with Crippen LogP contribution in [0.1, 0.15) is 31.0 Å².